The summed E-state index contributed by atoms with van der Waals surface area (Å²) in [4.78, 5) is 8.36. The predicted octanol–water partition coefficient (Wildman–Crippen LogP) is -0.815. The van der Waals surface area contributed by atoms with Crippen molar-refractivity contribution >= 4 is 113 Å². The van der Waals surface area contributed by atoms with E-state index < -0.39 is 5.09 Å². The SMILES string of the molecule is O=[N+]([O-])O.[Ca+2].[Ca+2].[Ca+2].[H-].[H-].[H-].[H-].[H-].[H-]. The molecule has 0 rings (SSSR count). The maximum atomic E-state index is 8.36. The molecule has 0 heterocycles. The molecule has 0 radical (unpaired) electrons. The van der Waals surface area contributed by atoms with Crippen molar-refractivity contribution in [3.05, 3.63) is 10.1 Å². The summed E-state index contributed by atoms with van der Waals surface area (Å²) in [6.45, 7) is 0. The molecule has 0 aliphatic rings. The molecule has 0 saturated carbocycles. The first-order valence-electron chi connectivity index (χ1n) is 0.565. The van der Waals surface area contributed by atoms with Crippen molar-refractivity contribution in [3.8, 4) is 0 Å². The molecule has 0 aliphatic heterocycles. The van der Waals surface area contributed by atoms with E-state index in [4.69, 9.17) is 15.3 Å². The van der Waals surface area contributed by atoms with E-state index in [-0.39, 0.29) is 122 Å². The third kappa shape index (κ3) is 49.3. The standard InChI is InChI=1S/3Ca.HNO3.6H/c;;;2-1(3)4;;;;;;/h;;;(H,2,3,4);;;;;;/q3*+2;;6*-1. The van der Waals surface area contributed by atoms with Gasteiger partial charge in [0, 0.05) is 0 Å². The van der Waals surface area contributed by atoms with Gasteiger partial charge < -0.3 is 13.8 Å². The molecular formula is H7Ca3NO3. The van der Waals surface area contributed by atoms with Crippen LogP contribution in [0.5, 0.6) is 0 Å². The Morgan fingerprint density at radius 2 is 1.43 bits per heavy atom. The second-order valence-electron chi connectivity index (χ2n) is 0.238. The zero-order chi connectivity index (χ0) is 3.58. The third-order valence-corrected chi connectivity index (χ3v) is 0. The summed E-state index contributed by atoms with van der Waals surface area (Å²) in [6.07, 6.45) is 0. The molecule has 0 aromatic rings. The van der Waals surface area contributed by atoms with Gasteiger partial charge in [-0.1, -0.05) is 0 Å². The summed E-state index contributed by atoms with van der Waals surface area (Å²) in [5.41, 5.74) is 0. The van der Waals surface area contributed by atoms with Gasteiger partial charge in [-0.3, -0.25) is 0 Å². The van der Waals surface area contributed by atoms with Crippen molar-refractivity contribution in [3.63, 3.8) is 0 Å². The Labute approximate surface area is 139 Å². The zero-order valence-corrected chi connectivity index (χ0v) is 10.5. The van der Waals surface area contributed by atoms with Gasteiger partial charge in [-0.15, -0.1) is 10.1 Å². The first-order valence-corrected chi connectivity index (χ1v) is 0.565. The van der Waals surface area contributed by atoms with Crippen LogP contribution in [0.1, 0.15) is 8.56 Å². The molecule has 7 heteroatoms. The Kier molecular flexibility index (Phi) is 51.4. The van der Waals surface area contributed by atoms with Gasteiger partial charge in [0.25, 0.3) is 5.09 Å². The topological polar surface area (TPSA) is 63.4 Å². The number of nitrogens with zero attached hydrogens (tertiary/aromatic N) is 1. The van der Waals surface area contributed by atoms with Gasteiger partial charge in [-0.25, -0.2) is 0 Å². The molecule has 36 valence electrons. The van der Waals surface area contributed by atoms with E-state index in [1.54, 1.807) is 0 Å². The van der Waals surface area contributed by atoms with E-state index in [9.17, 15) is 0 Å². The fraction of sp³-hybridized carbons (Fsp3) is 0. The fourth-order valence-electron chi connectivity index (χ4n) is 0. The van der Waals surface area contributed by atoms with E-state index in [2.05, 4.69) is 0 Å². The molecule has 0 aliphatic carbocycles. The van der Waals surface area contributed by atoms with Crippen LogP contribution in [0.15, 0.2) is 0 Å². The van der Waals surface area contributed by atoms with E-state index >= 15 is 0 Å². The van der Waals surface area contributed by atoms with Crippen molar-refractivity contribution in [1.29, 1.82) is 0 Å². The Hall–Kier alpha value is 2.98. The molecular weight excluding hydrogens is 182 g/mol. The van der Waals surface area contributed by atoms with E-state index in [0.717, 1.165) is 0 Å². The quantitative estimate of drug-likeness (QED) is 0.308. The van der Waals surface area contributed by atoms with Crippen LogP contribution in [0, 0.1) is 10.1 Å². The monoisotopic (exact) mass is 189 g/mol. The van der Waals surface area contributed by atoms with Crippen molar-refractivity contribution in [2.24, 2.45) is 0 Å². The number of hydrogen-bond donors (Lipinski definition) is 1. The second kappa shape index (κ2) is 16.0. The fourth-order valence-corrected chi connectivity index (χ4v) is 0. The summed E-state index contributed by atoms with van der Waals surface area (Å²) in [5, 5.41) is 13.6. The molecule has 0 atom stereocenters. The normalized spacial score (nSPS) is 3.43. The Morgan fingerprint density at radius 3 is 1.43 bits per heavy atom. The summed E-state index contributed by atoms with van der Waals surface area (Å²) in [5.74, 6) is 0. The number of hydrogen-bond acceptors (Lipinski definition) is 2. The molecule has 1 N–H and O–H groups in total. The van der Waals surface area contributed by atoms with Crippen LogP contribution in [-0.4, -0.2) is 124 Å². The predicted molar refractivity (Wildman–Crippen MR) is 32.7 cm³/mol. The van der Waals surface area contributed by atoms with Gasteiger partial charge in [-0.2, -0.15) is 0 Å². The van der Waals surface area contributed by atoms with E-state index in [1.165, 1.54) is 0 Å². The molecule has 0 aromatic heterocycles. The Balaban J connectivity index is -0.00000000125. The smallest absolute Gasteiger partial charge is 1.00 e. The van der Waals surface area contributed by atoms with Gasteiger partial charge in [0.1, 0.15) is 0 Å². The van der Waals surface area contributed by atoms with Gasteiger partial charge in [0.05, 0.1) is 0 Å². The molecule has 7 heavy (non-hydrogen) atoms. The van der Waals surface area contributed by atoms with Crippen LogP contribution in [0.2, 0.25) is 0 Å². The van der Waals surface area contributed by atoms with E-state index in [0.29, 0.717) is 0 Å². The van der Waals surface area contributed by atoms with Crippen LogP contribution in [0.25, 0.3) is 0 Å². The molecule has 4 nitrogen and oxygen atoms in total. The third-order valence-electron chi connectivity index (χ3n) is 0. The Bertz CT molecular complexity index is 46.1. The summed E-state index contributed by atoms with van der Waals surface area (Å²) in [7, 11) is 0. The zero-order valence-electron chi connectivity index (χ0n) is 9.83. The molecule has 0 aromatic carbocycles. The van der Waals surface area contributed by atoms with Gasteiger partial charge in [0.15, 0.2) is 0 Å². The van der Waals surface area contributed by atoms with Crippen LogP contribution < -0.4 is 0 Å². The summed E-state index contributed by atoms with van der Waals surface area (Å²) < 4.78 is 0. The number of rotatable bonds is 0. The summed E-state index contributed by atoms with van der Waals surface area (Å²) in [6, 6.07) is 0. The molecule has 0 fully saturated rings. The average Bonchev–Trinajstić information content (AvgIpc) is 0.811. The molecule has 0 spiro atoms. The Morgan fingerprint density at radius 1 is 1.43 bits per heavy atom. The van der Waals surface area contributed by atoms with Crippen molar-refractivity contribution < 1.29 is 18.9 Å². The van der Waals surface area contributed by atoms with Crippen molar-refractivity contribution in [1.82, 2.24) is 0 Å². The van der Waals surface area contributed by atoms with Gasteiger partial charge >= 0.3 is 113 Å². The second-order valence-corrected chi connectivity index (χ2v) is 0.238. The van der Waals surface area contributed by atoms with Crippen LogP contribution in [0.3, 0.4) is 0 Å². The van der Waals surface area contributed by atoms with Crippen molar-refractivity contribution in [2.45, 2.75) is 0 Å². The first-order chi connectivity index (χ1) is 1.73. The molecule has 0 amide bonds. The van der Waals surface area contributed by atoms with Crippen LogP contribution >= 0.6 is 0 Å². The maximum Gasteiger partial charge on any atom is 2.00 e. The first kappa shape index (κ1) is 22.5. The van der Waals surface area contributed by atoms with Gasteiger partial charge in [0.2, 0.25) is 0 Å². The summed E-state index contributed by atoms with van der Waals surface area (Å²) >= 11 is 0. The van der Waals surface area contributed by atoms with E-state index in [1.807, 2.05) is 0 Å². The average molecular weight is 189 g/mol. The van der Waals surface area contributed by atoms with Crippen molar-refractivity contribution in [2.75, 3.05) is 0 Å². The molecule has 0 bridgehead atoms. The van der Waals surface area contributed by atoms with Crippen LogP contribution in [0.4, 0.5) is 0 Å². The minimum Gasteiger partial charge on any atom is -1.00 e. The molecule has 0 saturated heterocycles. The van der Waals surface area contributed by atoms with Gasteiger partial charge in [-0.05, 0) is 0 Å². The molecule has 0 unspecified atom stereocenters. The maximum absolute atomic E-state index is 8.36. The minimum absolute atomic E-state index is 0. The van der Waals surface area contributed by atoms with Crippen LogP contribution in [-0.2, 0) is 0 Å². The largest absolute Gasteiger partial charge is 2.00 e. The minimum atomic E-state index is -1.50.